The Labute approximate surface area is 74.8 Å². The second-order valence-corrected chi connectivity index (χ2v) is 2.03. The van der Waals surface area contributed by atoms with Crippen LogP contribution >= 0.6 is 0 Å². The fourth-order valence-corrected chi connectivity index (χ4v) is 0.751. The number of carboxylic acids is 1. The number of aromatic carboxylic acids is 1. The fourth-order valence-electron chi connectivity index (χ4n) is 0.751. The molecule has 0 fully saturated rings. The smallest absolute Gasteiger partial charge is 0.401 e. The van der Waals surface area contributed by atoms with Crippen molar-refractivity contribution in [3.63, 3.8) is 0 Å². The number of halogens is 1. The van der Waals surface area contributed by atoms with Gasteiger partial charge in [0.15, 0.2) is 6.20 Å². The van der Waals surface area contributed by atoms with Crippen LogP contribution in [0.1, 0.15) is 16.1 Å². The van der Waals surface area contributed by atoms with Crippen molar-refractivity contribution in [3.05, 3.63) is 29.6 Å². The van der Waals surface area contributed by atoms with Gasteiger partial charge in [0.25, 0.3) is 5.69 Å². The van der Waals surface area contributed by atoms with Crippen molar-refractivity contribution in [2.75, 3.05) is 0 Å². The van der Waals surface area contributed by atoms with Crippen LogP contribution in [0.25, 0.3) is 0 Å². The summed E-state index contributed by atoms with van der Waals surface area (Å²) in [7, 11) is 0. The summed E-state index contributed by atoms with van der Waals surface area (Å²) in [5.74, 6) is -0.918. The van der Waals surface area contributed by atoms with Crippen LogP contribution in [0.4, 0.5) is 0 Å². The lowest BCUT2D eigenvalue weighted by molar-refractivity contribution is -0.384. The Morgan fingerprint density at radius 3 is 2.64 bits per heavy atom. The molecule has 0 atom stereocenters. The summed E-state index contributed by atoms with van der Waals surface area (Å²) in [5, 5.41) is 8.53. The molecule has 0 spiro atoms. The molecule has 3 nitrogen and oxygen atoms in total. The van der Waals surface area contributed by atoms with Crippen LogP contribution in [0, 0.1) is 6.92 Å². The van der Waals surface area contributed by atoms with Gasteiger partial charge in [-0.1, -0.05) is 0 Å². The largest absolute Gasteiger partial charge is 1.00 e. The Hall–Kier alpha value is -0.900. The Morgan fingerprint density at radius 2 is 2.27 bits per heavy atom. The second-order valence-electron chi connectivity index (χ2n) is 2.03. The first kappa shape index (κ1) is 10.1. The lowest BCUT2D eigenvalue weighted by Crippen LogP contribution is -3.00. The molecular formula is C7H8BrNO2. The molecular weight excluding hydrogens is 210 g/mol. The first-order valence-corrected chi connectivity index (χ1v) is 2.92. The highest BCUT2D eigenvalue weighted by molar-refractivity contribution is 5.85. The molecule has 0 aliphatic carbocycles. The average Bonchev–Trinajstić information content (AvgIpc) is 1.88. The maximum atomic E-state index is 10.4. The topological polar surface area (TPSA) is 51.4 Å². The molecule has 0 aliphatic rings. The standard InChI is InChI=1S/C7H7NO2.BrH/c1-5-3-2-4-8-6(5)7(9)10;/h2-4H,1H3,(H,9,10);1H. The molecule has 0 unspecified atom stereocenters. The third-order valence-corrected chi connectivity index (χ3v) is 1.28. The zero-order valence-electron chi connectivity index (χ0n) is 5.97. The Morgan fingerprint density at radius 1 is 1.64 bits per heavy atom. The summed E-state index contributed by atoms with van der Waals surface area (Å²) in [4.78, 5) is 13.0. The predicted octanol–water partition coefficient (Wildman–Crippen LogP) is -2.49. The number of aromatic amines is 1. The van der Waals surface area contributed by atoms with Crippen molar-refractivity contribution >= 4 is 5.97 Å². The van der Waals surface area contributed by atoms with E-state index < -0.39 is 5.97 Å². The quantitative estimate of drug-likeness (QED) is 0.567. The summed E-state index contributed by atoms with van der Waals surface area (Å²) >= 11 is 0. The molecule has 1 rings (SSSR count). The number of hydrogen-bond acceptors (Lipinski definition) is 1. The van der Waals surface area contributed by atoms with Crippen molar-refractivity contribution in [3.8, 4) is 0 Å². The number of aromatic nitrogens is 1. The number of rotatable bonds is 1. The molecule has 11 heavy (non-hydrogen) atoms. The van der Waals surface area contributed by atoms with E-state index in [1.807, 2.05) is 0 Å². The highest BCUT2D eigenvalue weighted by Crippen LogP contribution is 1.97. The summed E-state index contributed by atoms with van der Waals surface area (Å²) in [6, 6.07) is 3.52. The van der Waals surface area contributed by atoms with Crippen molar-refractivity contribution in [1.82, 2.24) is 0 Å². The van der Waals surface area contributed by atoms with Gasteiger partial charge in [-0.25, -0.2) is 9.78 Å². The van der Waals surface area contributed by atoms with Crippen LogP contribution in [-0.2, 0) is 0 Å². The number of hydrogen-bond donors (Lipinski definition) is 1. The molecule has 0 saturated carbocycles. The lowest BCUT2D eigenvalue weighted by Gasteiger charge is -1.88. The van der Waals surface area contributed by atoms with Crippen LogP contribution in [0.15, 0.2) is 18.3 Å². The maximum Gasteiger partial charge on any atom is 0.401 e. The average molecular weight is 218 g/mol. The van der Waals surface area contributed by atoms with Gasteiger partial charge in [-0.2, -0.15) is 0 Å². The van der Waals surface area contributed by atoms with E-state index in [9.17, 15) is 4.79 Å². The maximum absolute atomic E-state index is 10.4. The van der Waals surface area contributed by atoms with Crippen LogP contribution in [-0.4, -0.2) is 11.1 Å². The number of carbonyl (C=O) groups is 1. The van der Waals surface area contributed by atoms with Crippen molar-refractivity contribution in [2.24, 2.45) is 0 Å². The van der Waals surface area contributed by atoms with Crippen LogP contribution in [0.2, 0.25) is 0 Å². The second kappa shape index (κ2) is 4.08. The SMILES string of the molecule is Cc1ccc[nH+]c1C(=O)O.[Br-]. The van der Waals surface area contributed by atoms with Gasteiger partial charge in [-0.15, -0.1) is 0 Å². The molecule has 0 bridgehead atoms. The minimum absolute atomic E-state index is 0. The van der Waals surface area contributed by atoms with E-state index in [1.54, 1.807) is 25.3 Å². The highest BCUT2D eigenvalue weighted by atomic mass is 79.9. The highest BCUT2D eigenvalue weighted by Gasteiger charge is 2.12. The fraction of sp³-hybridized carbons (Fsp3) is 0.143. The van der Waals surface area contributed by atoms with Crippen LogP contribution in [0.3, 0.4) is 0 Å². The molecule has 60 valence electrons. The van der Waals surface area contributed by atoms with Gasteiger partial charge in [-0.05, 0) is 13.0 Å². The van der Waals surface area contributed by atoms with Gasteiger partial charge >= 0.3 is 5.97 Å². The molecule has 1 aromatic rings. The third-order valence-electron chi connectivity index (χ3n) is 1.28. The lowest BCUT2D eigenvalue weighted by atomic mass is 10.2. The molecule has 4 heteroatoms. The molecule has 0 radical (unpaired) electrons. The summed E-state index contributed by atoms with van der Waals surface area (Å²) < 4.78 is 0. The van der Waals surface area contributed by atoms with E-state index in [-0.39, 0.29) is 22.7 Å². The summed E-state index contributed by atoms with van der Waals surface area (Å²) in [6.07, 6.45) is 1.59. The van der Waals surface area contributed by atoms with Crippen molar-refractivity contribution < 1.29 is 31.9 Å². The van der Waals surface area contributed by atoms with Gasteiger partial charge in [0, 0.05) is 11.6 Å². The first-order valence-electron chi connectivity index (χ1n) is 2.92. The van der Waals surface area contributed by atoms with Gasteiger partial charge < -0.3 is 22.1 Å². The zero-order chi connectivity index (χ0) is 7.56. The van der Waals surface area contributed by atoms with E-state index in [0.717, 1.165) is 5.56 Å². The van der Waals surface area contributed by atoms with Crippen LogP contribution < -0.4 is 22.0 Å². The van der Waals surface area contributed by atoms with Crippen molar-refractivity contribution in [1.29, 1.82) is 0 Å². The zero-order valence-corrected chi connectivity index (χ0v) is 7.55. The molecule has 2 N–H and O–H groups in total. The molecule has 0 aromatic carbocycles. The van der Waals surface area contributed by atoms with E-state index in [2.05, 4.69) is 4.98 Å². The Bertz CT molecular complexity index is 262. The van der Waals surface area contributed by atoms with Crippen molar-refractivity contribution in [2.45, 2.75) is 6.92 Å². The Balaban J connectivity index is 0.000001000. The van der Waals surface area contributed by atoms with Crippen LogP contribution in [0.5, 0.6) is 0 Å². The van der Waals surface area contributed by atoms with Gasteiger partial charge in [0.05, 0.1) is 0 Å². The molecule has 0 aliphatic heterocycles. The molecule has 0 saturated heterocycles. The van der Waals surface area contributed by atoms with E-state index in [4.69, 9.17) is 5.11 Å². The monoisotopic (exact) mass is 217 g/mol. The number of H-pyrrole nitrogens is 1. The van der Waals surface area contributed by atoms with Gasteiger partial charge in [0.1, 0.15) is 0 Å². The van der Waals surface area contributed by atoms with E-state index in [1.165, 1.54) is 0 Å². The number of aryl methyl sites for hydroxylation is 1. The normalized spacial score (nSPS) is 8.45. The van der Waals surface area contributed by atoms with E-state index in [0.29, 0.717) is 0 Å². The first-order chi connectivity index (χ1) is 4.72. The molecule has 1 aromatic heterocycles. The number of pyridine rings is 1. The molecule has 1 heterocycles. The van der Waals surface area contributed by atoms with Gasteiger partial charge in [0.2, 0.25) is 0 Å². The number of carboxylic acid groups (broad SMARTS) is 1. The summed E-state index contributed by atoms with van der Waals surface area (Å²) in [6.45, 7) is 1.75. The van der Waals surface area contributed by atoms with Gasteiger partial charge in [-0.3, -0.25) is 0 Å². The third kappa shape index (κ3) is 2.31. The number of nitrogens with one attached hydrogen (secondary N) is 1. The minimum atomic E-state index is -0.918. The van der Waals surface area contributed by atoms with E-state index >= 15 is 0 Å². The minimum Gasteiger partial charge on any atom is -1.00 e. The Kier molecular flexibility index (Phi) is 3.74. The predicted molar refractivity (Wildman–Crippen MR) is 34.7 cm³/mol. The molecule has 0 amide bonds. The summed E-state index contributed by atoms with van der Waals surface area (Å²) in [5.41, 5.74) is 0.998.